The number of ether oxygens (including phenoxy) is 1. The molecule has 1 amide bonds. The zero-order valence-electron chi connectivity index (χ0n) is 16.1. The van der Waals surface area contributed by atoms with Crippen molar-refractivity contribution in [2.24, 2.45) is 4.99 Å². The van der Waals surface area contributed by atoms with E-state index < -0.39 is 0 Å². The van der Waals surface area contributed by atoms with Crippen molar-refractivity contribution in [2.45, 2.75) is 13.3 Å². The Labute approximate surface area is 160 Å². The Bertz CT molecular complexity index is 732. The van der Waals surface area contributed by atoms with Crippen LogP contribution < -0.4 is 15.4 Å². The zero-order chi connectivity index (χ0) is 19.5. The van der Waals surface area contributed by atoms with Crippen LogP contribution in [-0.2, 0) is 4.79 Å². The van der Waals surface area contributed by atoms with Gasteiger partial charge >= 0.3 is 0 Å². The number of nitrogens with one attached hydrogen (secondary N) is 2. The highest BCUT2D eigenvalue weighted by atomic mass is 16.5. The van der Waals surface area contributed by atoms with Gasteiger partial charge in [0, 0.05) is 33.3 Å². The Balaban J connectivity index is 1.67. The molecule has 0 atom stereocenters. The van der Waals surface area contributed by atoms with Crippen LogP contribution in [0.2, 0.25) is 0 Å². The van der Waals surface area contributed by atoms with Crippen LogP contribution in [0.25, 0.3) is 0 Å². The second kappa shape index (κ2) is 10.8. The highest BCUT2D eigenvalue weighted by Crippen LogP contribution is 2.08. The van der Waals surface area contributed by atoms with Gasteiger partial charge in [-0.2, -0.15) is 0 Å². The maximum Gasteiger partial charge on any atom is 0.227 e. The summed E-state index contributed by atoms with van der Waals surface area (Å²) in [5.41, 5.74) is 1.05. The van der Waals surface area contributed by atoms with Crippen LogP contribution in [0.4, 0.5) is 5.82 Å². The quantitative estimate of drug-likeness (QED) is 0.551. The number of amides is 1. The normalized spacial score (nSPS) is 11.0. The van der Waals surface area contributed by atoms with Crippen LogP contribution in [0.3, 0.4) is 0 Å². The van der Waals surface area contributed by atoms with Crippen molar-refractivity contribution in [1.29, 1.82) is 0 Å². The Morgan fingerprint density at radius 3 is 2.67 bits per heavy atom. The predicted molar refractivity (Wildman–Crippen MR) is 108 cm³/mol. The average Bonchev–Trinajstić information content (AvgIpc) is 2.68. The first-order valence-electron chi connectivity index (χ1n) is 8.90. The minimum absolute atomic E-state index is 0.0932. The van der Waals surface area contributed by atoms with E-state index in [1.807, 2.05) is 55.3 Å². The predicted octanol–water partition coefficient (Wildman–Crippen LogP) is 2.30. The lowest BCUT2D eigenvalue weighted by Gasteiger charge is -2.22. The monoisotopic (exact) mass is 369 g/mol. The number of para-hydroxylation sites is 1. The van der Waals surface area contributed by atoms with E-state index in [2.05, 4.69) is 20.6 Å². The molecule has 2 N–H and O–H groups in total. The Hall–Kier alpha value is -3.09. The third kappa shape index (κ3) is 7.35. The van der Waals surface area contributed by atoms with Gasteiger partial charge in [0.1, 0.15) is 18.2 Å². The second-order valence-electron chi connectivity index (χ2n) is 6.08. The number of carbonyl (C=O) groups is 1. The molecule has 2 rings (SSSR count). The largest absolute Gasteiger partial charge is 0.492 e. The summed E-state index contributed by atoms with van der Waals surface area (Å²) < 4.78 is 5.69. The molecule has 1 heterocycles. The molecule has 27 heavy (non-hydrogen) atoms. The molecule has 0 saturated carbocycles. The number of nitrogens with zero attached hydrogens (tertiary/aromatic N) is 3. The lowest BCUT2D eigenvalue weighted by molar-refractivity contribution is -0.116. The summed E-state index contributed by atoms with van der Waals surface area (Å²) in [5, 5.41) is 5.96. The number of aryl methyl sites for hydroxylation is 1. The fourth-order valence-electron chi connectivity index (χ4n) is 2.34. The molecular weight excluding hydrogens is 342 g/mol. The number of carbonyl (C=O) groups excluding carboxylic acids is 1. The van der Waals surface area contributed by atoms with Gasteiger partial charge in [-0.15, -0.1) is 0 Å². The van der Waals surface area contributed by atoms with Gasteiger partial charge in [0.05, 0.1) is 6.54 Å². The van der Waals surface area contributed by atoms with Crippen molar-refractivity contribution >= 4 is 17.7 Å². The lowest BCUT2D eigenvalue weighted by Crippen LogP contribution is -2.41. The molecule has 0 radical (unpaired) electrons. The minimum Gasteiger partial charge on any atom is -0.492 e. The molecule has 0 fully saturated rings. The van der Waals surface area contributed by atoms with E-state index in [1.54, 1.807) is 19.3 Å². The van der Waals surface area contributed by atoms with Gasteiger partial charge < -0.3 is 20.3 Å². The molecule has 1 aromatic carbocycles. The molecule has 1 aromatic heterocycles. The summed E-state index contributed by atoms with van der Waals surface area (Å²) in [5.74, 6) is 2.03. The molecular formula is C20H27N5O2. The standard InChI is InChI=1S/C20H27N5O2/c1-16-9-10-18(23-15-16)24-19(26)11-12-22-20(21-2)25(3)13-14-27-17-7-5-4-6-8-17/h4-10,15H,11-14H2,1-3H3,(H,21,22)(H,23,24,26). The number of hydrogen-bond acceptors (Lipinski definition) is 4. The van der Waals surface area contributed by atoms with E-state index in [-0.39, 0.29) is 5.91 Å². The van der Waals surface area contributed by atoms with Crippen LogP contribution >= 0.6 is 0 Å². The molecule has 0 saturated heterocycles. The van der Waals surface area contributed by atoms with Gasteiger partial charge in [-0.25, -0.2) is 4.98 Å². The first kappa shape index (κ1) is 20.2. The van der Waals surface area contributed by atoms with Crippen molar-refractivity contribution < 1.29 is 9.53 Å². The van der Waals surface area contributed by atoms with E-state index in [9.17, 15) is 4.79 Å². The molecule has 0 aliphatic heterocycles. The van der Waals surface area contributed by atoms with Gasteiger partial charge in [0.2, 0.25) is 5.91 Å². The third-order valence-corrected chi connectivity index (χ3v) is 3.83. The topological polar surface area (TPSA) is 78.8 Å². The molecule has 0 aliphatic rings. The van der Waals surface area contributed by atoms with E-state index in [0.29, 0.717) is 37.9 Å². The fraction of sp³-hybridized carbons (Fsp3) is 0.350. The van der Waals surface area contributed by atoms with Gasteiger partial charge in [0.15, 0.2) is 5.96 Å². The van der Waals surface area contributed by atoms with E-state index in [4.69, 9.17) is 4.74 Å². The number of aliphatic imine (C=N–C) groups is 1. The third-order valence-electron chi connectivity index (χ3n) is 3.83. The number of benzene rings is 1. The molecule has 144 valence electrons. The van der Waals surface area contributed by atoms with Crippen molar-refractivity contribution in [3.8, 4) is 5.75 Å². The van der Waals surface area contributed by atoms with E-state index in [0.717, 1.165) is 11.3 Å². The van der Waals surface area contributed by atoms with Crippen molar-refractivity contribution in [2.75, 3.05) is 39.1 Å². The maximum absolute atomic E-state index is 12.0. The van der Waals surface area contributed by atoms with Crippen LogP contribution in [-0.4, -0.2) is 55.5 Å². The molecule has 0 unspecified atom stereocenters. The zero-order valence-corrected chi connectivity index (χ0v) is 16.1. The molecule has 2 aromatic rings. The second-order valence-corrected chi connectivity index (χ2v) is 6.08. The van der Waals surface area contributed by atoms with Crippen molar-refractivity contribution in [3.63, 3.8) is 0 Å². The lowest BCUT2D eigenvalue weighted by atomic mass is 10.3. The number of pyridine rings is 1. The molecule has 7 heteroatoms. The maximum atomic E-state index is 12.0. The number of guanidine groups is 1. The van der Waals surface area contributed by atoms with E-state index >= 15 is 0 Å². The van der Waals surface area contributed by atoms with E-state index in [1.165, 1.54) is 0 Å². The van der Waals surface area contributed by atoms with Crippen LogP contribution in [0.1, 0.15) is 12.0 Å². The summed E-state index contributed by atoms with van der Waals surface area (Å²) >= 11 is 0. The first-order valence-corrected chi connectivity index (χ1v) is 8.90. The summed E-state index contributed by atoms with van der Waals surface area (Å²) in [7, 11) is 3.65. The molecule has 0 spiro atoms. The summed E-state index contributed by atoms with van der Waals surface area (Å²) in [6.07, 6.45) is 2.05. The van der Waals surface area contributed by atoms with Gasteiger partial charge in [-0.1, -0.05) is 24.3 Å². The Kier molecular flexibility index (Phi) is 8.09. The highest BCUT2D eigenvalue weighted by Gasteiger charge is 2.08. The van der Waals surface area contributed by atoms with Gasteiger partial charge in [-0.3, -0.25) is 9.79 Å². The first-order chi connectivity index (χ1) is 13.1. The summed E-state index contributed by atoms with van der Waals surface area (Å²) in [6, 6.07) is 13.4. The number of anilines is 1. The van der Waals surface area contributed by atoms with Crippen molar-refractivity contribution in [3.05, 3.63) is 54.2 Å². The summed E-state index contributed by atoms with van der Waals surface area (Å²) in [4.78, 5) is 22.4. The highest BCUT2D eigenvalue weighted by molar-refractivity contribution is 5.90. The van der Waals surface area contributed by atoms with Crippen LogP contribution in [0, 0.1) is 6.92 Å². The molecule has 0 bridgehead atoms. The van der Waals surface area contributed by atoms with Crippen LogP contribution in [0.15, 0.2) is 53.7 Å². The number of hydrogen-bond donors (Lipinski definition) is 2. The fourth-order valence-corrected chi connectivity index (χ4v) is 2.34. The Morgan fingerprint density at radius 2 is 2.00 bits per heavy atom. The molecule has 0 aliphatic carbocycles. The van der Waals surface area contributed by atoms with Crippen molar-refractivity contribution in [1.82, 2.24) is 15.2 Å². The SMILES string of the molecule is CN=C(NCCC(=O)Nc1ccc(C)cn1)N(C)CCOc1ccccc1. The smallest absolute Gasteiger partial charge is 0.227 e. The van der Waals surface area contributed by atoms with Crippen LogP contribution in [0.5, 0.6) is 5.75 Å². The van der Waals surface area contributed by atoms with Gasteiger partial charge in [0.25, 0.3) is 0 Å². The number of rotatable bonds is 8. The Morgan fingerprint density at radius 1 is 1.22 bits per heavy atom. The average molecular weight is 369 g/mol. The summed E-state index contributed by atoms with van der Waals surface area (Å²) in [6.45, 7) is 3.65. The number of likely N-dealkylation sites (N-methyl/N-ethyl adjacent to an activating group) is 1. The van der Waals surface area contributed by atoms with Gasteiger partial charge in [-0.05, 0) is 30.7 Å². The molecule has 7 nitrogen and oxygen atoms in total. The minimum atomic E-state index is -0.0932. The number of aromatic nitrogens is 1.